The molecule has 0 amide bonds. The van der Waals surface area contributed by atoms with Crippen molar-refractivity contribution in [2.24, 2.45) is 0 Å². The number of hydrogen-bond acceptors (Lipinski definition) is 1. The number of alkyl halides is 18. The van der Waals surface area contributed by atoms with Gasteiger partial charge in [-0.3, -0.25) is 0 Å². The molecule has 1 atom stereocenters. The largest absolute Gasteiger partial charge is 0.460 e. The van der Waals surface area contributed by atoms with Crippen molar-refractivity contribution in [1.82, 2.24) is 0 Å². The summed E-state index contributed by atoms with van der Waals surface area (Å²) in [5, 5.41) is 9.39. The fraction of sp³-hybridized carbons (Fsp3) is 0.625. The van der Waals surface area contributed by atoms with E-state index in [2.05, 4.69) is 0 Å². The molecule has 0 heterocycles. The summed E-state index contributed by atoms with van der Waals surface area (Å²) in [4.78, 5) is 0. The Balaban J connectivity index is 4.04. The van der Waals surface area contributed by atoms with Gasteiger partial charge in [-0.1, -0.05) is 18.2 Å². The van der Waals surface area contributed by atoms with Crippen molar-refractivity contribution in [3.8, 4) is 0 Å². The first-order valence-corrected chi connectivity index (χ1v) is 8.27. The molecule has 1 aromatic carbocycles. The Kier molecular flexibility index (Phi) is 7.27. The van der Waals surface area contributed by atoms with Crippen molar-refractivity contribution in [3.05, 3.63) is 34.9 Å². The van der Waals surface area contributed by atoms with Crippen molar-refractivity contribution >= 4 is 0 Å². The van der Waals surface area contributed by atoms with Crippen LogP contribution >= 0.6 is 0 Å². The number of hydrogen-bond donors (Lipinski definition) is 1. The van der Waals surface area contributed by atoms with Gasteiger partial charge in [0.05, 0.1) is 6.10 Å². The second-order valence-electron chi connectivity index (χ2n) is 6.88. The highest BCUT2D eigenvalue weighted by atomic mass is 19.4. The first kappa shape index (κ1) is 31.0. The SMILES string of the molecule is CC(O)c1c(C(F)(F)C(F)(F)C(F)(F)C(F)(F)F)cccc1C(F)(F)C(F)(F)C(F)(F)C(F)(F)F. The van der Waals surface area contributed by atoms with Crippen LogP contribution in [0.1, 0.15) is 29.7 Å². The summed E-state index contributed by atoms with van der Waals surface area (Å²) in [5.41, 5.74) is -8.98. The number of benzene rings is 1. The molecule has 1 aromatic rings. The van der Waals surface area contributed by atoms with Crippen LogP contribution in [0.3, 0.4) is 0 Å². The van der Waals surface area contributed by atoms with Gasteiger partial charge in [-0.15, -0.1) is 0 Å². The molecular formula is C16H8F18O. The summed E-state index contributed by atoms with van der Waals surface area (Å²) < 4.78 is 238. The van der Waals surface area contributed by atoms with Crippen molar-refractivity contribution < 1.29 is 84.1 Å². The molecule has 0 bridgehead atoms. The molecule has 0 radical (unpaired) electrons. The predicted octanol–water partition coefficient (Wildman–Crippen LogP) is 7.59. The van der Waals surface area contributed by atoms with Crippen LogP contribution in [0.4, 0.5) is 79.0 Å². The minimum Gasteiger partial charge on any atom is -0.389 e. The zero-order valence-corrected chi connectivity index (χ0v) is 16.1. The van der Waals surface area contributed by atoms with Crippen molar-refractivity contribution in [2.75, 3.05) is 0 Å². The molecule has 0 saturated heterocycles. The van der Waals surface area contributed by atoms with Gasteiger partial charge in [0.2, 0.25) is 0 Å². The summed E-state index contributed by atoms with van der Waals surface area (Å²) in [6.07, 6.45) is -18.1. The van der Waals surface area contributed by atoms with Gasteiger partial charge in [-0.25, -0.2) is 0 Å². The highest BCUT2D eigenvalue weighted by molar-refractivity contribution is 5.44. The fourth-order valence-corrected chi connectivity index (χ4v) is 2.65. The summed E-state index contributed by atoms with van der Waals surface area (Å²) in [6, 6.07) is -1.72. The van der Waals surface area contributed by atoms with E-state index in [1.54, 1.807) is 0 Å². The van der Waals surface area contributed by atoms with Crippen LogP contribution in [0.2, 0.25) is 0 Å². The van der Waals surface area contributed by atoms with Gasteiger partial charge in [-0.05, 0) is 12.5 Å². The third-order valence-electron chi connectivity index (χ3n) is 4.49. The van der Waals surface area contributed by atoms with E-state index in [0.29, 0.717) is 0 Å². The number of aliphatic hydroxyl groups excluding tert-OH is 1. The predicted molar refractivity (Wildman–Crippen MR) is 76.8 cm³/mol. The van der Waals surface area contributed by atoms with Crippen molar-refractivity contribution in [1.29, 1.82) is 0 Å². The molecule has 0 aromatic heterocycles. The third kappa shape index (κ3) is 4.26. The first-order chi connectivity index (χ1) is 15.0. The van der Waals surface area contributed by atoms with E-state index in [0.717, 1.165) is 0 Å². The van der Waals surface area contributed by atoms with E-state index in [4.69, 9.17) is 0 Å². The molecule has 0 saturated carbocycles. The molecule has 0 fully saturated rings. The van der Waals surface area contributed by atoms with E-state index >= 15 is 0 Å². The van der Waals surface area contributed by atoms with Crippen LogP contribution in [0.15, 0.2) is 18.2 Å². The second kappa shape index (κ2) is 8.22. The number of halogens is 18. The summed E-state index contributed by atoms with van der Waals surface area (Å²) in [7, 11) is 0. The van der Waals surface area contributed by atoms with E-state index < -0.39 is 88.9 Å². The van der Waals surface area contributed by atoms with Crippen LogP contribution < -0.4 is 0 Å². The Morgan fingerprint density at radius 3 is 0.971 bits per heavy atom. The molecule has 1 unspecified atom stereocenters. The van der Waals surface area contributed by atoms with Crippen LogP contribution in [0.5, 0.6) is 0 Å². The molecule has 1 N–H and O–H groups in total. The average molecular weight is 558 g/mol. The highest BCUT2D eigenvalue weighted by Gasteiger charge is 2.84. The van der Waals surface area contributed by atoms with Crippen molar-refractivity contribution in [3.63, 3.8) is 0 Å². The zero-order valence-electron chi connectivity index (χ0n) is 16.1. The average Bonchev–Trinajstić information content (AvgIpc) is 2.64. The van der Waals surface area contributed by atoms with E-state index in [9.17, 15) is 84.1 Å². The minimum absolute atomic E-state index is 0.0193. The van der Waals surface area contributed by atoms with Crippen LogP contribution in [-0.2, 0) is 11.8 Å². The molecule has 0 aliphatic rings. The maximum absolute atomic E-state index is 14.3. The van der Waals surface area contributed by atoms with E-state index in [-0.39, 0.29) is 6.92 Å². The van der Waals surface area contributed by atoms with Crippen molar-refractivity contribution in [2.45, 2.75) is 60.9 Å². The Bertz CT molecular complexity index is 855. The van der Waals surface area contributed by atoms with E-state index in [1.807, 2.05) is 0 Å². The Morgan fingerprint density at radius 1 is 0.514 bits per heavy atom. The van der Waals surface area contributed by atoms with E-state index in [1.165, 1.54) is 0 Å². The second-order valence-corrected chi connectivity index (χ2v) is 6.88. The molecule has 1 rings (SSSR count). The van der Waals surface area contributed by atoms with Gasteiger partial charge in [0.25, 0.3) is 0 Å². The lowest BCUT2D eigenvalue weighted by molar-refractivity contribution is -0.400. The normalized spacial score (nSPS) is 16.5. The third-order valence-corrected chi connectivity index (χ3v) is 4.49. The molecule has 0 spiro atoms. The molecular weight excluding hydrogens is 550 g/mol. The molecule has 35 heavy (non-hydrogen) atoms. The molecule has 0 aliphatic heterocycles. The molecule has 1 nitrogen and oxygen atoms in total. The Morgan fingerprint density at radius 2 is 0.771 bits per heavy atom. The van der Waals surface area contributed by atoms with Gasteiger partial charge >= 0.3 is 47.9 Å². The molecule has 19 heteroatoms. The summed E-state index contributed by atoms with van der Waals surface area (Å²) in [6.45, 7) is -0.0193. The molecule has 204 valence electrons. The monoisotopic (exact) mass is 558 g/mol. The maximum Gasteiger partial charge on any atom is 0.460 e. The smallest absolute Gasteiger partial charge is 0.389 e. The van der Waals surface area contributed by atoms with Gasteiger partial charge in [-0.2, -0.15) is 79.0 Å². The minimum atomic E-state index is -7.63. The maximum atomic E-state index is 14.3. The Hall–Kier alpha value is -2.08. The highest BCUT2D eigenvalue weighted by Crippen LogP contribution is 2.60. The quantitative estimate of drug-likeness (QED) is 0.342. The lowest BCUT2D eigenvalue weighted by Crippen LogP contribution is -2.60. The van der Waals surface area contributed by atoms with Crippen LogP contribution in [0.25, 0.3) is 0 Å². The van der Waals surface area contributed by atoms with Gasteiger partial charge in [0.15, 0.2) is 0 Å². The standard InChI is InChI=1S/C16H8F18O/c1-5(35)8-6(9(17,18)11(21,22)13(25,26)15(29,30)31)3-2-4-7(8)10(19,20)12(23,24)14(27,28)16(32,33)34/h2-5,35H,1H3. The Labute approximate surface area is 181 Å². The fourth-order valence-electron chi connectivity index (χ4n) is 2.65. The van der Waals surface area contributed by atoms with Crippen LogP contribution in [0, 0.1) is 0 Å². The topological polar surface area (TPSA) is 20.2 Å². The summed E-state index contributed by atoms with van der Waals surface area (Å²) in [5.74, 6) is -44.3. The number of aliphatic hydroxyl groups is 1. The van der Waals surface area contributed by atoms with Gasteiger partial charge in [0, 0.05) is 11.1 Å². The zero-order chi connectivity index (χ0) is 28.4. The van der Waals surface area contributed by atoms with Gasteiger partial charge < -0.3 is 5.11 Å². The van der Waals surface area contributed by atoms with Gasteiger partial charge in [0.1, 0.15) is 0 Å². The lowest BCUT2D eigenvalue weighted by atomic mass is 9.84. The lowest BCUT2D eigenvalue weighted by Gasteiger charge is -2.37. The van der Waals surface area contributed by atoms with Crippen LogP contribution in [-0.4, -0.2) is 41.1 Å². The number of rotatable bonds is 7. The molecule has 0 aliphatic carbocycles. The summed E-state index contributed by atoms with van der Waals surface area (Å²) >= 11 is 0. The first-order valence-electron chi connectivity index (χ1n) is 8.27.